The Kier molecular flexibility index (Phi) is 7.56. The molecular weight excluding hydrogens is 286 g/mol. The number of hydrogen-bond donors (Lipinski definition) is 2. The minimum Gasteiger partial charge on any atom is -0.379 e. The van der Waals surface area contributed by atoms with E-state index in [1.165, 1.54) is 5.56 Å². The topological polar surface area (TPSA) is 54.9 Å². The van der Waals surface area contributed by atoms with Crippen LogP contribution in [-0.4, -0.2) is 45.0 Å². The van der Waals surface area contributed by atoms with Crippen LogP contribution in [0, 0.1) is 0 Å². The molecule has 6 heteroatoms. The van der Waals surface area contributed by atoms with E-state index in [1.807, 2.05) is 0 Å². The highest BCUT2D eigenvalue weighted by Crippen LogP contribution is 2.08. The van der Waals surface area contributed by atoms with Gasteiger partial charge in [0.15, 0.2) is 5.96 Å². The van der Waals surface area contributed by atoms with Gasteiger partial charge in [0.1, 0.15) is 0 Å². The molecule has 0 bridgehead atoms. The maximum atomic E-state index is 5.74. The van der Waals surface area contributed by atoms with E-state index in [9.17, 15) is 0 Å². The number of nitrogens with zero attached hydrogens (tertiary/aromatic N) is 1. The highest BCUT2D eigenvalue weighted by atomic mass is 32.1. The zero-order chi connectivity index (χ0) is 14.8. The van der Waals surface area contributed by atoms with E-state index in [1.54, 1.807) is 11.3 Å². The Morgan fingerprint density at radius 2 is 2.48 bits per heavy atom. The van der Waals surface area contributed by atoms with Gasteiger partial charge in [-0.2, -0.15) is 11.3 Å². The average Bonchev–Trinajstić information content (AvgIpc) is 3.17. The molecule has 1 aliphatic heterocycles. The van der Waals surface area contributed by atoms with Gasteiger partial charge in [-0.1, -0.05) is 0 Å². The summed E-state index contributed by atoms with van der Waals surface area (Å²) in [6, 6.07) is 2.11. The minimum atomic E-state index is 0.297. The zero-order valence-corrected chi connectivity index (χ0v) is 13.5. The highest BCUT2D eigenvalue weighted by Gasteiger charge is 2.15. The Labute approximate surface area is 130 Å². The van der Waals surface area contributed by atoms with Gasteiger partial charge >= 0.3 is 0 Å². The van der Waals surface area contributed by atoms with Crippen LogP contribution in [0.25, 0.3) is 0 Å². The second kappa shape index (κ2) is 9.76. The van der Waals surface area contributed by atoms with E-state index < -0.39 is 0 Å². The van der Waals surface area contributed by atoms with Gasteiger partial charge in [0.25, 0.3) is 0 Å². The summed E-state index contributed by atoms with van der Waals surface area (Å²) in [5, 5.41) is 10.8. The molecule has 21 heavy (non-hydrogen) atoms. The Bertz CT molecular complexity index is 403. The SMILES string of the molecule is CCNC(=NCc1ccsc1)NCCCOC1CCOC1. The molecular formula is C15H25N3O2S. The van der Waals surface area contributed by atoms with Crippen LogP contribution in [0.4, 0.5) is 0 Å². The Balaban J connectivity index is 1.61. The molecule has 118 valence electrons. The molecule has 0 amide bonds. The number of aliphatic imine (C=N–C) groups is 1. The first-order chi connectivity index (χ1) is 10.4. The highest BCUT2D eigenvalue weighted by molar-refractivity contribution is 7.07. The van der Waals surface area contributed by atoms with Gasteiger partial charge < -0.3 is 20.1 Å². The largest absolute Gasteiger partial charge is 0.379 e. The summed E-state index contributed by atoms with van der Waals surface area (Å²) in [6.45, 7) is 6.88. The van der Waals surface area contributed by atoms with Crippen molar-refractivity contribution in [2.45, 2.75) is 32.4 Å². The molecule has 2 rings (SSSR count). The van der Waals surface area contributed by atoms with Crippen LogP contribution in [0.5, 0.6) is 0 Å². The Hall–Kier alpha value is -1.11. The second-order valence-corrected chi connectivity index (χ2v) is 5.74. The van der Waals surface area contributed by atoms with Crippen molar-refractivity contribution in [2.24, 2.45) is 4.99 Å². The number of nitrogens with one attached hydrogen (secondary N) is 2. The first-order valence-corrected chi connectivity index (χ1v) is 8.55. The molecule has 0 saturated carbocycles. The molecule has 1 atom stereocenters. The van der Waals surface area contributed by atoms with Crippen molar-refractivity contribution in [1.82, 2.24) is 10.6 Å². The Morgan fingerprint density at radius 1 is 1.52 bits per heavy atom. The normalized spacial score (nSPS) is 18.9. The summed E-state index contributed by atoms with van der Waals surface area (Å²) in [5.41, 5.74) is 1.25. The third kappa shape index (κ3) is 6.46. The first-order valence-electron chi connectivity index (χ1n) is 7.61. The molecule has 1 aromatic rings. The van der Waals surface area contributed by atoms with Crippen molar-refractivity contribution >= 4 is 17.3 Å². The number of thiophene rings is 1. The van der Waals surface area contributed by atoms with Crippen LogP contribution in [0.1, 0.15) is 25.3 Å². The quantitative estimate of drug-likeness (QED) is 0.438. The van der Waals surface area contributed by atoms with Gasteiger partial charge in [0, 0.05) is 26.3 Å². The zero-order valence-electron chi connectivity index (χ0n) is 12.6. The van der Waals surface area contributed by atoms with Crippen molar-refractivity contribution < 1.29 is 9.47 Å². The fourth-order valence-corrected chi connectivity index (χ4v) is 2.73. The van der Waals surface area contributed by atoms with Crippen molar-refractivity contribution in [3.63, 3.8) is 0 Å². The lowest BCUT2D eigenvalue weighted by Gasteiger charge is -2.12. The molecule has 1 fully saturated rings. The molecule has 2 heterocycles. The van der Waals surface area contributed by atoms with Crippen LogP contribution in [0.15, 0.2) is 21.8 Å². The van der Waals surface area contributed by atoms with E-state index >= 15 is 0 Å². The van der Waals surface area contributed by atoms with Gasteiger partial charge in [0.05, 0.1) is 19.3 Å². The van der Waals surface area contributed by atoms with Crippen molar-refractivity contribution in [3.8, 4) is 0 Å². The van der Waals surface area contributed by atoms with Gasteiger partial charge in [-0.05, 0) is 42.2 Å². The number of ether oxygens (including phenoxy) is 2. The molecule has 1 unspecified atom stereocenters. The Morgan fingerprint density at radius 3 is 3.19 bits per heavy atom. The lowest BCUT2D eigenvalue weighted by atomic mass is 10.3. The summed E-state index contributed by atoms with van der Waals surface area (Å²) in [5.74, 6) is 0.868. The smallest absolute Gasteiger partial charge is 0.191 e. The third-order valence-corrected chi connectivity index (χ3v) is 3.93. The standard InChI is InChI=1S/C15H25N3O2S/c1-2-16-15(18-10-13-5-9-21-12-13)17-6-3-7-20-14-4-8-19-11-14/h5,9,12,14H,2-4,6-8,10-11H2,1H3,(H2,16,17,18). The van der Waals surface area contributed by atoms with E-state index in [0.717, 1.165) is 58.3 Å². The van der Waals surface area contributed by atoms with Crippen molar-refractivity contribution in [2.75, 3.05) is 32.9 Å². The minimum absolute atomic E-state index is 0.297. The summed E-state index contributed by atoms with van der Waals surface area (Å²) in [7, 11) is 0. The maximum absolute atomic E-state index is 5.74. The van der Waals surface area contributed by atoms with Gasteiger partial charge in [-0.15, -0.1) is 0 Å². The van der Waals surface area contributed by atoms with E-state index in [-0.39, 0.29) is 0 Å². The second-order valence-electron chi connectivity index (χ2n) is 4.96. The molecule has 0 spiro atoms. The number of hydrogen-bond acceptors (Lipinski definition) is 4. The van der Waals surface area contributed by atoms with Crippen LogP contribution in [-0.2, 0) is 16.0 Å². The molecule has 0 radical (unpaired) electrons. The molecule has 2 N–H and O–H groups in total. The van der Waals surface area contributed by atoms with Crippen LogP contribution < -0.4 is 10.6 Å². The van der Waals surface area contributed by atoms with Crippen molar-refractivity contribution in [1.29, 1.82) is 0 Å². The molecule has 1 aliphatic rings. The summed E-state index contributed by atoms with van der Waals surface area (Å²) >= 11 is 1.70. The fourth-order valence-electron chi connectivity index (χ4n) is 2.07. The van der Waals surface area contributed by atoms with Gasteiger partial charge in [0.2, 0.25) is 0 Å². The van der Waals surface area contributed by atoms with Crippen molar-refractivity contribution in [3.05, 3.63) is 22.4 Å². The fraction of sp³-hybridized carbons (Fsp3) is 0.667. The van der Waals surface area contributed by atoms with Gasteiger partial charge in [-0.25, -0.2) is 4.99 Å². The molecule has 1 saturated heterocycles. The van der Waals surface area contributed by atoms with E-state index in [2.05, 4.69) is 39.4 Å². The third-order valence-electron chi connectivity index (χ3n) is 3.20. The molecule has 5 nitrogen and oxygen atoms in total. The molecule has 1 aromatic heterocycles. The van der Waals surface area contributed by atoms with Crippen LogP contribution in [0.3, 0.4) is 0 Å². The predicted octanol–water partition coefficient (Wildman–Crippen LogP) is 2.00. The van der Waals surface area contributed by atoms with E-state index in [0.29, 0.717) is 6.10 Å². The predicted molar refractivity (Wildman–Crippen MR) is 86.9 cm³/mol. The number of guanidine groups is 1. The lowest BCUT2D eigenvalue weighted by molar-refractivity contribution is 0.0420. The summed E-state index contributed by atoms with van der Waals surface area (Å²) < 4.78 is 11.0. The summed E-state index contributed by atoms with van der Waals surface area (Å²) in [6.07, 6.45) is 2.29. The van der Waals surface area contributed by atoms with Crippen LogP contribution >= 0.6 is 11.3 Å². The van der Waals surface area contributed by atoms with Crippen LogP contribution in [0.2, 0.25) is 0 Å². The lowest BCUT2D eigenvalue weighted by Crippen LogP contribution is -2.38. The number of rotatable bonds is 8. The maximum Gasteiger partial charge on any atom is 0.191 e. The first kappa shape index (κ1) is 16.3. The van der Waals surface area contributed by atoms with E-state index in [4.69, 9.17) is 9.47 Å². The summed E-state index contributed by atoms with van der Waals surface area (Å²) in [4.78, 5) is 4.57. The average molecular weight is 311 g/mol. The monoisotopic (exact) mass is 311 g/mol. The molecule has 0 aromatic carbocycles. The molecule has 0 aliphatic carbocycles. The van der Waals surface area contributed by atoms with Gasteiger partial charge in [-0.3, -0.25) is 0 Å².